The molecule has 2 aromatic carbocycles. The minimum Gasteiger partial charge on any atom is -0.484 e. The summed E-state index contributed by atoms with van der Waals surface area (Å²) in [7, 11) is 0. The molecule has 4 rings (SSSR count). The highest BCUT2D eigenvalue weighted by atomic mass is 16.6. The van der Waals surface area contributed by atoms with Crippen LogP contribution in [0.25, 0.3) is 16.7 Å². The highest BCUT2D eigenvalue weighted by Crippen LogP contribution is 2.22. The quantitative estimate of drug-likeness (QED) is 0.201. The van der Waals surface area contributed by atoms with E-state index in [-0.39, 0.29) is 12.3 Å². The highest BCUT2D eigenvalue weighted by molar-refractivity contribution is 5.83. The molecule has 0 saturated heterocycles. The van der Waals surface area contributed by atoms with Crippen LogP contribution in [0.4, 0.5) is 5.69 Å². The number of nitro groups is 1. The number of hydrogen-bond donors (Lipinski definition) is 1. The smallest absolute Gasteiger partial charge is 0.336 e. The summed E-state index contributed by atoms with van der Waals surface area (Å²) < 4.78 is 12.4. The molecule has 0 atom stereocenters. The molecular weight excluding hydrogens is 428 g/mol. The fourth-order valence-corrected chi connectivity index (χ4v) is 3.22. The minimum atomic E-state index is -0.481. The molecule has 0 unspecified atom stereocenters. The summed E-state index contributed by atoms with van der Waals surface area (Å²) in [5, 5.41) is 15.5. The first kappa shape index (κ1) is 21.5. The van der Waals surface area contributed by atoms with Crippen molar-refractivity contribution in [2.45, 2.75) is 6.92 Å². The monoisotopic (exact) mass is 446 g/mol. The molecular formula is C23H18N4O6. The predicted octanol–water partition coefficient (Wildman–Crippen LogP) is 3.33. The molecule has 10 nitrogen and oxygen atoms in total. The lowest BCUT2D eigenvalue weighted by Crippen LogP contribution is -2.24. The van der Waals surface area contributed by atoms with Crippen molar-refractivity contribution in [2.75, 3.05) is 6.61 Å². The zero-order chi connectivity index (χ0) is 23.4. The number of aryl methyl sites for hydroxylation is 1. The number of nitro benzene ring substituents is 1. The Morgan fingerprint density at radius 3 is 2.76 bits per heavy atom. The van der Waals surface area contributed by atoms with Crippen molar-refractivity contribution >= 4 is 28.8 Å². The van der Waals surface area contributed by atoms with Crippen LogP contribution in [0.3, 0.4) is 0 Å². The van der Waals surface area contributed by atoms with E-state index < -0.39 is 16.5 Å². The van der Waals surface area contributed by atoms with Crippen molar-refractivity contribution in [3.8, 4) is 11.4 Å². The van der Waals surface area contributed by atoms with Crippen molar-refractivity contribution < 1.29 is 18.9 Å². The number of amides is 1. The van der Waals surface area contributed by atoms with Crippen molar-refractivity contribution in [1.29, 1.82) is 0 Å². The Morgan fingerprint density at radius 2 is 2.00 bits per heavy atom. The van der Waals surface area contributed by atoms with Gasteiger partial charge in [-0.3, -0.25) is 14.9 Å². The largest absolute Gasteiger partial charge is 0.484 e. The molecule has 0 radical (unpaired) electrons. The van der Waals surface area contributed by atoms with Gasteiger partial charge in [0.2, 0.25) is 0 Å². The van der Waals surface area contributed by atoms with Gasteiger partial charge in [-0.1, -0.05) is 0 Å². The van der Waals surface area contributed by atoms with Gasteiger partial charge < -0.3 is 13.7 Å². The maximum absolute atomic E-state index is 12.1. The zero-order valence-electron chi connectivity index (χ0n) is 17.4. The van der Waals surface area contributed by atoms with Gasteiger partial charge in [0.05, 0.1) is 16.8 Å². The molecule has 10 heteroatoms. The summed E-state index contributed by atoms with van der Waals surface area (Å²) in [4.78, 5) is 34.0. The predicted molar refractivity (Wildman–Crippen MR) is 121 cm³/mol. The van der Waals surface area contributed by atoms with Crippen molar-refractivity contribution in [2.24, 2.45) is 5.10 Å². The van der Waals surface area contributed by atoms with Gasteiger partial charge in [0.25, 0.3) is 11.6 Å². The number of carbonyl (C=O) groups is 1. The summed E-state index contributed by atoms with van der Waals surface area (Å²) in [5.41, 5.74) is 4.45. The number of ether oxygens (including phenoxy) is 1. The Kier molecular flexibility index (Phi) is 5.98. The van der Waals surface area contributed by atoms with E-state index in [1.807, 2.05) is 6.92 Å². The van der Waals surface area contributed by atoms with Crippen LogP contribution >= 0.6 is 0 Å². The average Bonchev–Trinajstić information content (AvgIpc) is 3.26. The summed E-state index contributed by atoms with van der Waals surface area (Å²) in [5.74, 6) is -0.104. The number of nitrogens with zero attached hydrogens (tertiary/aromatic N) is 3. The Labute approximate surface area is 186 Å². The van der Waals surface area contributed by atoms with E-state index in [9.17, 15) is 19.7 Å². The van der Waals surface area contributed by atoms with Gasteiger partial charge in [0.1, 0.15) is 11.3 Å². The molecule has 0 bridgehead atoms. The number of carbonyl (C=O) groups excluding carboxylic acids is 1. The van der Waals surface area contributed by atoms with Crippen LogP contribution in [-0.4, -0.2) is 28.2 Å². The van der Waals surface area contributed by atoms with E-state index in [2.05, 4.69) is 10.5 Å². The number of aromatic nitrogens is 1. The van der Waals surface area contributed by atoms with Gasteiger partial charge in [-0.15, -0.1) is 0 Å². The second kappa shape index (κ2) is 9.18. The third-order valence-electron chi connectivity index (χ3n) is 4.80. The first-order valence-corrected chi connectivity index (χ1v) is 9.82. The Hall–Kier alpha value is -4.73. The molecule has 166 valence electrons. The van der Waals surface area contributed by atoms with E-state index in [4.69, 9.17) is 9.15 Å². The van der Waals surface area contributed by atoms with E-state index in [1.54, 1.807) is 53.2 Å². The van der Waals surface area contributed by atoms with Crippen LogP contribution in [0.15, 0.2) is 81.2 Å². The molecule has 1 N–H and O–H groups in total. The molecule has 2 heterocycles. The molecule has 33 heavy (non-hydrogen) atoms. The van der Waals surface area contributed by atoms with Gasteiger partial charge in [-0.05, 0) is 48.9 Å². The number of nitrogens with one attached hydrogen (secondary N) is 1. The van der Waals surface area contributed by atoms with Crippen LogP contribution < -0.4 is 15.8 Å². The molecule has 2 aromatic heterocycles. The Balaban J connectivity index is 1.36. The SMILES string of the molecule is Cc1cc(=O)oc2cc(OCC(=O)NN=Cc3cccn3-c3ccc([N+](=O)[O-])cc3)ccc12. The number of rotatable bonds is 7. The van der Waals surface area contributed by atoms with Crippen molar-refractivity contribution in [3.05, 3.63) is 98.7 Å². The molecule has 0 aliphatic carbocycles. The average molecular weight is 446 g/mol. The lowest BCUT2D eigenvalue weighted by atomic mass is 10.1. The van der Waals surface area contributed by atoms with Crippen molar-refractivity contribution in [3.63, 3.8) is 0 Å². The maximum Gasteiger partial charge on any atom is 0.336 e. The van der Waals surface area contributed by atoms with Gasteiger partial charge in [-0.25, -0.2) is 10.2 Å². The van der Waals surface area contributed by atoms with E-state index in [0.29, 0.717) is 22.7 Å². The van der Waals surface area contributed by atoms with E-state index in [1.165, 1.54) is 24.4 Å². The summed E-state index contributed by atoms with van der Waals surface area (Å²) in [6.45, 7) is 1.52. The fraction of sp³-hybridized carbons (Fsp3) is 0.0870. The molecule has 0 saturated carbocycles. The number of hydrogen-bond acceptors (Lipinski definition) is 7. The molecule has 0 fully saturated rings. The molecule has 0 aliphatic rings. The zero-order valence-corrected chi connectivity index (χ0v) is 17.4. The molecule has 0 spiro atoms. The normalized spacial score (nSPS) is 11.1. The van der Waals surface area contributed by atoms with Crippen LogP contribution in [0.2, 0.25) is 0 Å². The Morgan fingerprint density at radius 1 is 1.21 bits per heavy atom. The lowest BCUT2D eigenvalue weighted by molar-refractivity contribution is -0.384. The van der Waals surface area contributed by atoms with Gasteiger partial charge in [0, 0.05) is 41.5 Å². The van der Waals surface area contributed by atoms with Crippen LogP contribution in [0.1, 0.15) is 11.3 Å². The first-order valence-electron chi connectivity index (χ1n) is 9.82. The van der Waals surface area contributed by atoms with E-state index in [0.717, 1.165) is 10.9 Å². The van der Waals surface area contributed by atoms with Crippen LogP contribution in [-0.2, 0) is 4.79 Å². The molecule has 0 aliphatic heterocycles. The third kappa shape index (κ3) is 4.96. The standard InChI is InChI=1S/C23H18N4O6/c1-15-11-23(29)33-21-12-19(8-9-20(15)21)32-14-22(28)25-24-13-18-3-2-10-26(18)16-4-6-17(7-5-16)27(30)31/h2-13H,14H2,1H3,(H,25,28). The third-order valence-corrected chi connectivity index (χ3v) is 4.80. The number of fused-ring (bicyclic) bond motifs is 1. The first-order chi connectivity index (χ1) is 15.9. The van der Waals surface area contributed by atoms with Gasteiger partial charge in [0.15, 0.2) is 6.61 Å². The minimum absolute atomic E-state index is 0.00271. The molecule has 1 amide bonds. The lowest BCUT2D eigenvalue weighted by Gasteiger charge is -2.07. The van der Waals surface area contributed by atoms with Crippen LogP contribution in [0.5, 0.6) is 5.75 Å². The maximum atomic E-state index is 12.1. The summed E-state index contributed by atoms with van der Waals surface area (Å²) in [6, 6.07) is 16.0. The van der Waals surface area contributed by atoms with Crippen molar-refractivity contribution in [1.82, 2.24) is 9.99 Å². The number of benzene rings is 2. The van der Waals surface area contributed by atoms with Gasteiger partial charge >= 0.3 is 5.63 Å². The second-order valence-electron chi connectivity index (χ2n) is 7.06. The molecule has 4 aromatic rings. The van der Waals surface area contributed by atoms with Crippen LogP contribution in [0, 0.1) is 17.0 Å². The fourth-order valence-electron chi connectivity index (χ4n) is 3.22. The topological polar surface area (TPSA) is 129 Å². The van der Waals surface area contributed by atoms with Gasteiger partial charge in [-0.2, -0.15) is 5.10 Å². The Bertz CT molecular complexity index is 1420. The number of non-ortho nitro benzene ring substituents is 1. The summed E-state index contributed by atoms with van der Waals surface area (Å²) in [6.07, 6.45) is 3.22. The second-order valence-corrected chi connectivity index (χ2v) is 7.06. The highest BCUT2D eigenvalue weighted by Gasteiger charge is 2.08. The number of hydrazone groups is 1. The summed E-state index contributed by atoms with van der Waals surface area (Å²) >= 11 is 0. The van der Waals surface area contributed by atoms with E-state index >= 15 is 0 Å².